The molecule has 0 atom stereocenters. The van der Waals surface area contributed by atoms with Crippen LogP contribution < -0.4 is 0 Å². The Kier molecular flexibility index (Phi) is 8.11. The molecule has 0 aromatic heterocycles. The first kappa shape index (κ1) is 17.4. The second-order valence-corrected chi connectivity index (χ2v) is 12.2. The quantitative estimate of drug-likeness (QED) is 0.357. The van der Waals surface area contributed by atoms with Crippen molar-refractivity contribution in [1.82, 2.24) is 4.90 Å². The Balaban J connectivity index is 2.43. The molecule has 1 aromatic rings. The topological polar surface area (TPSA) is 12.5 Å². The van der Waals surface area contributed by atoms with Crippen molar-refractivity contribution in [3.63, 3.8) is 0 Å². The Morgan fingerprint density at radius 1 is 1.05 bits per heavy atom. The molecular weight excluding hydrogens is 262 g/mol. The molecule has 0 N–H and O–H groups in total. The highest BCUT2D eigenvalue weighted by Gasteiger charge is 2.18. The highest BCUT2D eigenvalue weighted by atomic mass is 28.3. The smallest absolute Gasteiger partial charge is 0.0990 e. The van der Waals surface area contributed by atoms with Crippen molar-refractivity contribution in [3.8, 4) is 0 Å². The summed E-state index contributed by atoms with van der Waals surface area (Å²) in [4.78, 5) is 2.47. The first-order chi connectivity index (χ1) is 9.51. The van der Waals surface area contributed by atoms with Gasteiger partial charge in [-0.15, -0.1) is 0 Å². The van der Waals surface area contributed by atoms with E-state index in [1.165, 1.54) is 31.0 Å². The fourth-order valence-electron chi connectivity index (χ4n) is 2.31. The van der Waals surface area contributed by atoms with Crippen LogP contribution in [0.4, 0.5) is 0 Å². The minimum absolute atomic E-state index is 0.767. The van der Waals surface area contributed by atoms with Gasteiger partial charge >= 0.3 is 0 Å². The Bertz CT molecular complexity index is 348. The van der Waals surface area contributed by atoms with Gasteiger partial charge in [0.1, 0.15) is 0 Å². The van der Waals surface area contributed by atoms with E-state index < -0.39 is 8.07 Å². The predicted molar refractivity (Wildman–Crippen MR) is 90.5 cm³/mol. The van der Waals surface area contributed by atoms with Gasteiger partial charge in [0.2, 0.25) is 0 Å². The van der Waals surface area contributed by atoms with Gasteiger partial charge in [-0.1, -0.05) is 69.7 Å². The molecule has 0 aliphatic heterocycles. The third-order valence-electron chi connectivity index (χ3n) is 3.11. The van der Waals surface area contributed by atoms with Gasteiger partial charge in [0, 0.05) is 13.2 Å². The van der Waals surface area contributed by atoms with Crippen LogP contribution in [0.3, 0.4) is 0 Å². The predicted octanol–water partition coefficient (Wildman–Crippen LogP) is 4.53. The molecule has 0 radical (unpaired) electrons. The normalized spacial score (nSPS) is 12.1. The molecule has 3 heteroatoms. The third-order valence-corrected chi connectivity index (χ3v) is 4.51. The second kappa shape index (κ2) is 9.32. The van der Waals surface area contributed by atoms with Crippen molar-refractivity contribution >= 4 is 8.07 Å². The van der Waals surface area contributed by atoms with E-state index >= 15 is 0 Å². The molecule has 1 aromatic carbocycles. The van der Waals surface area contributed by atoms with Crippen LogP contribution >= 0.6 is 0 Å². The number of benzene rings is 1. The van der Waals surface area contributed by atoms with Crippen LogP contribution in [-0.4, -0.2) is 32.5 Å². The van der Waals surface area contributed by atoms with E-state index in [-0.39, 0.29) is 0 Å². The van der Waals surface area contributed by atoms with Crippen LogP contribution in [-0.2, 0) is 11.3 Å². The van der Waals surface area contributed by atoms with Gasteiger partial charge in [-0.05, 0) is 18.2 Å². The molecule has 0 saturated heterocycles. The second-order valence-electron chi connectivity index (χ2n) is 6.78. The summed E-state index contributed by atoms with van der Waals surface area (Å²) in [5.74, 6) is 0. The zero-order valence-corrected chi connectivity index (χ0v) is 14.7. The molecule has 0 amide bonds. The zero-order chi connectivity index (χ0) is 14.8. The van der Waals surface area contributed by atoms with Gasteiger partial charge < -0.3 is 4.74 Å². The lowest BCUT2D eigenvalue weighted by Gasteiger charge is -2.28. The van der Waals surface area contributed by atoms with Crippen LogP contribution in [0, 0.1) is 0 Å². The van der Waals surface area contributed by atoms with Crippen LogP contribution in [0.15, 0.2) is 30.3 Å². The molecule has 0 aliphatic rings. The number of hydrogen-bond acceptors (Lipinski definition) is 2. The summed E-state index contributed by atoms with van der Waals surface area (Å²) in [6.07, 6.45) is 4.90. The molecule has 0 bridgehead atoms. The average Bonchev–Trinajstić information content (AvgIpc) is 2.37. The lowest BCUT2D eigenvalue weighted by atomic mass is 10.2. The van der Waals surface area contributed by atoms with Gasteiger partial charge in [-0.25, -0.2) is 0 Å². The lowest BCUT2D eigenvalue weighted by Crippen LogP contribution is -2.41. The molecule has 0 spiro atoms. The summed E-state index contributed by atoms with van der Waals surface area (Å²) in [6, 6.07) is 10.7. The fourth-order valence-corrected chi connectivity index (χ4v) is 3.85. The zero-order valence-electron chi connectivity index (χ0n) is 13.7. The minimum Gasteiger partial charge on any atom is -0.366 e. The van der Waals surface area contributed by atoms with Crippen LogP contribution in [0.5, 0.6) is 0 Å². The third kappa shape index (κ3) is 8.51. The maximum Gasteiger partial charge on any atom is 0.0990 e. The number of hydrogen-bond donors (Lipinski definition) is 0. The van der Waals surface area contributed by atoms with Gasteiger partial charge in [-0.3, -0.25) is 4.90 Å². The average molecular weight is 294 g/mol. The van der Waals surface area contributed by atoms with E-state index in [4.69, 9.17) is 4.74 Å². The molecule has 0 heterocycles. The molecule has 0 fully saturated rings. The summed E-state index contributed by atoms with van der Waals surface area (Å²) >= 11 is 0. The largest absolute Gasteiger partial charge is 0.366 e. The molecule has 1 rings (SSSR count). The molecular formula is C17H31NOSi. The maximum atomic E-state index is 5.86. The molecule has 2 nitrogen and oxygen atoms in total. The molecule has 0 unspecified atom stereocenters. The summed E-state index contributed by atoms with van der Waals surface area (Å²) in [7, 11) is -1.10. The van der Waals surface area contributed by atoms with Crippen molar-refractivity contribution in [1.29, 1.82) is 0 Å². The summed E-state index contributed by atoms with van der Waals surface area (Å²) in [5.41, 5.74) is 1.38. The van der Waals surface area contributed by atoms with E-state index in [0.717, 1.165) is 19.9 Å². The number of unbranched alkanes of at least 4 members (excludes halogenated alkanes) is 2. The minimum atomic E-state index is -1.10. The van der Waals surface area contributed by atoms with Crippen molar-refractivity contribution in [2.24, 2.45) is 0 Å². The van der Waals surface area contributed by atoms with E-state index in [1.807, 2.05) is 0 Å². The molecule has 20 heavy (non-hydrogen) atoms. The summed E-state index contributed by atoms with van der Waals surface area (Å²) < 4.78 is 5.86. The van der Waals surface area contributed by atoms with E-state index in [9.17, 15) is 0 Å². The van der Waals surface area contributed by atoms with Crippen molar-refractivity contribution < 1.29 is 4.74 Å². The van der Waals surface area contributed by atoms with E-state index in [0.29, 0.717) is 0 Å². The Hall–Kier alpha value is -0.643. The SMILES string of the molecule is CCCCCOCN(Cc1ccccc1)C[Si](C)(C)C. The highest BCUT2D eigenvalue weighted by Crippen LogP contribution is 2.10. The number of ether oxygens (including phenoxy) is 1. The standard InChI is InChI=1S/C17H31NOSi/c1-5-6-10-13-19-15-18(16-20(2,3)4)14-17-11-8-7-9-12-17/h7-9,11-12H,5-6,10,13-16H2,1-4H3. The molecule has 114 valence electrons. The Morgan fingerprint density at radius 3 is 2.35 bits per heavy atom. The van der Waals surface area contributed by atoms with Crippen LogP contribution in [0.2, 0.25) is 19.6 Å². The Labute approximate surface area is 126 Å². The Morgan fingerprint density at radius 2 is 1.75 bits per heavy atom. The first-order valence-corrected chi connectivity index (χ1v) is 11.6. The maximum absolute atomic E-state index is 5.86. The fraction of sp³-hybridized carbons (Fsp3) is 0.647. The monoisotopic (exact) mass is 293 g/mol. The number of nitrogens with zero attached hydrogens (tertiary/aromatic N) is 1. The van der Waals surface area contributed by atoms with Crippen LogP contribution in [0.25, 0.3) is 0 Å². The number of rotatable bonds is 10. The first-order valence-electron chi connectivity index (χ1n) is 7.85. The molecule has 0 aliphatic carbocycles. The van der Waals surface area contributed by atoms with Gasteiger partial charge in [0.25, 0.3) is 0 Å². The lowest BCUT2D eigenvalue weighted by molar-refractivity contribution is 0.0313. The van der Waals surface area contributed by atoms with Crippen molar-refractivity contribution in [3.05, 3.63) is 35.9 Å². The van der Waals surface area contributed by atoms with E-state index in [2.05, 4.69) is 61.8 Å². The highest BCUT2D eigenvalue weighted by molar-refractivity contribution is 6.76. The van der Waals surface area contributed by atoms with Crippen molar-refractivity contribution in [2.75, 3.05) is 19.5 Å². The van der Waals surface area contributed by atoms with Gasteiger partial charge in [-0.2, -0.15) is 0 Å². The van der Waals surface area contributed by atoms with Crippen LogP contribution in [0.1, 0.15) is 31.7 Å². The van der Waals surface area contributed by atoms with Gasteiger partial charge in [0.05, 0.1) is 14.8 Å². The van der Waals surface area contributed by atoms with E-state index in [1.54, 1.807) is 0 Å². The van der Waals surface area contributed by atoms with Crippen molar-refractivity contribution in [2.45, 2.75) is 52.4 Å². The summed E-state index contributed by atoms with van der Waals surface area (Å²) in [6.45, 7) is 12.1. The summed E-state index contributed by atoms with van der Waals surface area (Å²) in [5, 5.41) is 0. The molecule has 0 saturated carbocycles. The van der Waals surface area contributed by atoms with Gasteiger partial charge in [0.15, 0.2) is 0 Å².